The normalized spacial score (nSPS) is 14.3. The Morgan fingerprint density at radius 3 is 2.79 bits per heavy atom. The molecule has 0 spiro atoms. The van der Waals surface area contributed by atoms with Gasteiger partial charge in [0.05, 0.1) is 6.54 Å². The molecule has 2 aromatic rings. The lowest BCUT2D eigenvalue weighted by molar-refractivity contribution is -0.124. The lowest BCUT2D eigenvalue weighted by Gasteiger charge is -2.07. The van der Waals surface area contributed by atoms with Crippen LogP contribution in [0.25, 0.3) is 0 Å². The van der Waals surface area contributed by atoms with Gasteiger partial charge in [-0.1, -0.05) is 18.9 Å². The Balaban J connectivity index is 1.49. The van der Waals surface area contributed by atoms with Crippen LogP contribution in [0.5, 0.6) is 0 Å². The number of hydrogen-bond acceptors (Lipinski definition) is 5. The van der Waals surface area contributed by atoms with E-state index in [2.05, 4.69) is 5.32 Å². The van der Waals surface area contributed by atoms with Crippen molar-refractivity contribution in [1.82, 2.24) is 5.32 Å². The van der Waals surface area contributed by atoms with E-state index in [4.69, 9.17) is 4.74 Å². The lowest BCUT2D eigenvalue weighted by Crippen LogP contribution is -2.27. The van der Waals surface area contributed by atoms with E-state index in [0.717, 1.165) is 17.7 Å². The van der Waals surface area contributed by atoms with Crippen molar-refractivity contribution in [2.75, 3.05) is 6.61 Å². The van der Waals surface area contributed by atoms with E-state index in [0.29, 0.717) is 11.4 Å². The molecule has 1 aliphatic rings. The maximum absolute atomic E-state index is 12.2. The zero-order valence-electron chi connectivity index (χ0n) is 13.5. The first-order chi connectivity index (χ1) is 11.7. The maximum Gasteiger partial charge on any atom is 0.348 e. The number of esters is 1. The van der Waals surface area contributed by atoms with Gasteiger partial charge in [-0.2, -0.15) is 0 Å². The van der Waals surface area contributed by atoms with Crippen LogP contribution in [-0.4, -0.2) is 18.5 Å². The van der Waals surface area contributed by atoms with E-state index in [1.807, 2.05) is 23.6 Å². The van der Waals surface area contributed by atoms with Gasteiger partial charge in [0, 0.05) is 9.75 Å². The Hall–Kier alpha value is -1.66. The van der Waals surface area contributed by atoms with Crippen molar-refractivity contribution in [1.29, 1.82) is 0 Å². The van der Waals surface area contributed by atoms with Crippen LogP contribution in [0.1, 0.15) is 50.7 Å². The van der Waals surface area contributed by atoms with Gasteiger partial charge >= 0.3 is 5.97 Å². The van der Waals surface area contributed by atoms with Crippen molar-refractivity contribution in [3.8, 4) is 0 Å². The smallest absolute Gasteiger partial charge is 0.348 e. The van der Waals surface area contributed by atoms with Crippen LogP contribution in [0.15, 0.2) is 23.6 Å². The highest BCUT2D eigenvalue weighted by atomic mass is 32.1. The molecule has 0 unspecified atom stereocenters. The number of rotatable bonds is 5. The van der Waals surface area contributed by atoms with Gasteiger partial charge in [-0.3, -0.25) is 4.79 Å². The van der Waals surface area contributed by atoms with Crippen LogP contribution >= 0.6 is 22.7 Å². The van der Waals surface area contributed by atoms with Gasteiger partial charge in [0.1, 0.15) is 4.88 Å². The van der Waals surface area contributed by atoms with Crippen LogP contribution in [0.3, 0.4) is 0 Å². The van der Waals surface area contributed by atoms with E-state index in [1.54, 1.807) is 11.3 Å². The molecule has 24 heavy (non-hydrogen) atoms. The van der Waals surface area contributed by atoms with Crippen molar-refractivity contribution in [2.24, 2.45) is 0 Å². The summed E-state index contributed by atoms with van der Waals surface area (Å²) >= 11 is 3.11. The number of ether oxygens (including phenoxy) is 1. The second-order valence-electron chi connectivity index (χ2n) is 5.91. The summed E-state index contributed by atoms with van der Waals surface area (Å²) in [5.41, 5.74) is 1.29. The van der Waals surface area contributed by atoms with Gasteiger partial charge in [-0.25, -0.2) is 4.79 Å². The van der Waals surface area contributed by atoms with E-state index >= 15 is 0 Å². The topological polar surface area (TPSA) is 55.4 Å². The highest BCUT2D eigenvalue weighted by Crippen LogP contribution is 2.28. The Kier molecular flexibility index (Phi) is 6.04. The molecule has 2 aromatic heterocycles. The third-order valence-electron chi connectivity index (χ3n) is 4.07. The minimum atomic E-state index is -0.391. The first kappa shape index (κ1) is 17.2. The van der Waals surface area contributed by atoms with Crippen LogP contribution < -0.4 is 5.32 Å². The average molecular weight is 364 g/mol. The molecule has 1 N–H and O–H groups in total. The van der Waals surface area contributed by atoms with Gasteiger partial charge in [-0.05, 0) is 48.8 Å². The van der Waals surface area contributed by atoms with Crippen molar-refractivity contribution < 1.29 is 14.3 Å². The number of hydrogen-bond donors (Lipinski definition) is 1. The minimum absolute atomic E-state index is 0.229. The van der Waals surface area contributed by atoms with Gasteiger partial charge in [0.15, 0.2) is 6.61 Å². The maximum atomic E-state index is 12.2. The lowest BCUT2D eigenvalue weighted by atomic mass is 10.00. The molecule has 0 aromatic carbocycles. The molecule has 0 atom stereocenters. The zero-order chi connectivity index (χ0) is 16.8. The molecular weight excluding hydrogens is 342 g/mol. The monoisotopic (exact) mass is 363 g/mol. The number of carbonyl (C=O) groups is 2. The molecule has 0 aliphatic heterocycles. The van der Waals surface area contributed by atoms with Gasteiger partial charge in [-0.15, -0.1) is 22.7 Å². The second kappa shape index (κ2) is 8.44. The fourth-order valence-electron chi connectivity index (χ4n) is 2.80. The van der Waals surface area contributed by atoms with E-state index < -0.39 is 5.97 Å². The van der Waals surface area contributed by atoms with Gasteiger partial charge < -0.3 is 10.1 Å². The summed E-state index contributed by atoms with van der Waals surface area (Å²) < 4.78 is 5.16. The number of amides is 1. The highest BCUT2D eigenvalue weighted by Gasteiger charge is 2.17. The number of fused-ring (bicyclic) bond motifs is 1. The predicted octanol–water partition coefficient (Wildman–Crippen LogP) is 3.94. The summed E-state index contributed by atoms with van der Waals surface area (Å²) in [4.78, 5) is 27.0. The quantitative estimate of drug-likeness (QED) is 0.819. The predicted molar refractivity (Wildman–Crippen MR) is 96.6 cm³/mol. The SMILES string of the molecule is O=C(COC(=O)c1cc2c(s1)CCCCCC2)NCc1cccs1. The van der Waals surface area contributed by atoms with Crippen LogP contribution in [0.2, 0.25) is 0 Å². The molecule has 1 amide bonds. The number of thiophene rings is 2. The Labute approximate surface area is 149 Å². The molecule has 128 valence electrons. The molecule has 4 nitrogen and oxygen atoms in total. The molecule has 0 bridgehead atoms. The third kappa shape index (κ3) is 4.68. The molecule has 0 saturated carbocycles. The Bertz CT molecular complexity index is 666. The third-order valence-corrected chi connectivity index (χ3v) is 6.17. The molecule has 1 aliphatic carbocycles. The number of carbonyl (C=O) groups excluding carboxylic acids is 2. The van der Waals surface area contributed by atoms with E-state index in [9.17, 15) is 9.59 Å². The summed E-state index contributed by atoms with van der Waals surface area (Å²) in [6.45, 7) is 0.244. The summed E-state index contributed by atoms with van der Waals surface area (Å²) in [6, 6.07) is 5.85. The largest absolute Gasteiger partial charge is 0.451 e. The minimum Gasteiger partial charge on any atom is -0.451 e. The Morgan fingerprint density at radius 2 is 2.00 bits per heavy atom. The van der Waals surface area contributed by atoms with E-state index in [-0.39, 0.29) is 12.5 Å². The van der Waals surface area contributed by atoms with Crippen LogP contribution in [0.4, 0.5) is 0 Å². The fraction of sp³-hybridized carbons (Fsp3) is 0.444. The first-order valence-electron chi connectivity index (χ1n) is 8.30. The van der Waals surface area contributed by atoms with Crippen LogP contribution in [0, 0.1) is 0 Å². The van der Waals surface area contributed by atoms with Gasteiger partial charge in [0.2, 0.25) is 0 Å². The van der Waals surface area contributed by atoms with Gasteiger partial charge in [0.25, 0.3) is 5.91 Å². The molecule has 3 rings (SSSR count). The second-order valence-corrected chi connectivity index (χ2v) is 8.07. The standard InChI is InChI=1S/C18H21NO3S2/c20-17(19-11-14-7-5-9-23-14)12-22-18(21)16-10-13-6-3-1-2-4-8-15(13)24-16/h5,7,9-10H,1-4,6,8,11-12H2,(H,19,20). The van der Waals surface area contributed by atoms with E-state index in [1.165, 1.54) is 47.5 Å². The molecule has 6 heteroatoms. The number of aryl methyl sites for hydroxylation is 2. The zero-order valence-corrected chi connectivity index (χ0v) is 15.1. The molecule has 2 heterocycles. The van der Waals surface area contributed by atoms with Crippen molar-refractivity contribution in [3.63, 3.8) is 0 Å². The fourth-order valence-corrected chi connectivity index (χ4v) is 4.59. The average Bonchev–Trinajstić information content (AvgIpc) is 3.20. The van der Waals surface area contributed by atoms with Crippen LogP contribution in [-0.2, 0) is 28.9 Å². The molecule has 0 saturated heterocycles. The van der Waals surface area contributed by atoms with Crippen molar-refractivity contribution in [3.05, 3.63) is 43.8 Å². The van der Waals surface area contributed by atoms with Crippen molar-refractivity contribution >= 4 is 34.6 Å². The molecule has 0 radical (unpaired) electrons. The summed E-state index contributed by atoms with van der Waals surface area (Å²) in [5, 5.41) is 4.72. The Morgan fingerprint density at radius 1 is 1.17 bits per heavy atom. The molecular formula is C18H21NO3S2. The summed E-state index contributed by atoms with van der Waals surface area (Å²) in [6.07, 6.45) is 6.99. The molecule has 0 fully saturated rings. The summed E-state index contributed by atoms with van der Waals surface area (Å²) in [7, 11) is 0. The summed E-state index contributed by atoms with van der Waals surface area (Å²) in [5.74, 6) is -0.662. The first-order valence-corrected chi connectivity index (χ1v) is 10.00. The van der Waals surface area contributed by atoms with Crippen molar-refractivity contribution in [2.45, 2.75) is 45.1 Å². The highest BCUT2D eigenvalue weighted by molar-refractivity contribution is 7.14. The number of nitrogens with one attached hydrogen (secondary N) is 1.